The van der Waals surface area contributed by atoms with E-state index in [2.05, 4.69) is 35.9 Å². The molecule has 2 heterocycles. The molecule has 16 heavy (non-hydrogen) atoms. The molecule has 0 bridgehead atoms. The van der Waals surface area contributed by atoms with E-state index in [1.807, 2.05) is 6.92 Å². The van der Waals surface area contributed by atoms with Crippen LogP contribution in [-0.4, -0.2) is 18.1 Å². The fraction of sp³-hybridized carbons (Fsp3) is 0.615. The number of aromatic nitrogens is 1. The molecule has 0 unspecified atom stereocenters. The number of pyridine rings is 1. The molecule has 1 aromatic rings. The molecule has 1 fully saturated rings. The minimum atomic E-state index is 0.409. The highest BCUT2D eigenvalue weighted by Gasteiger charge is 2.29. The van der Waals surface area contributed by atoms with E-state index < -0.39 is 0 Å². The van der Waals surface area contributed by atoms with E-state index in [0.29, 0.717) is 11.3 Å². The lowest BCUT2D eigenvalue weighted by atomic mass is 9.93. The molecule has 0 radical (unpaired) electrons. The molecule has 0 aliphatic carbocycles. The predicted molar refractivity (Wildman–Crippen MR) is 69.1 cm³/mol. The SMILES string of the molecule is Cc1cc(CCl)cc(N2CCC(C)(C)C2)n1. The van der Waals surface area contributed by atoms with Crippen molar-refractivity contribution < 1.29 is 0 Å². The maximum absolute atomic E-state index is 5.89. The van der Waals surface area contributed by atoms with Crippen molar-refractivity contribution in [2.45, 2.75) is 33.1 Å². The number of hydrogen-bond acceptors (Lipinski definition) is 2. The molecule has 0 saturated carbocycles. The summed E-state index contributed by atoms with van der Waals surface area (Å²) in [5.41, 5.74) is 2.62. The summed E-state index contributed by atoms with van der Waals surface area (Å²) in [6.07, 6.45) is 1.23. The van der Waals surface area contributed by atoms with Crippen LogP contribution >= 0.6 is 11.6 Å². The van der Waals surface area contributed by atoms with Crippen molar-refractivity contribution in [3.05, 3.63) is 23.4 Å². The Balaban J connectivity index is 2.24. The number of alkyl halides is 1. The molecule has 0 spiro atoms. The summed E-state index contributed by atoms with van der Waals surface area (Å²) in [6, 6.07) is 4.17. The van der Waals surface area contributed by atoms with Gasteiger partial charge in [0.2, 0.25) is 0 Å². The third kappa shape index (κ3) is 2.49. The average Bonchev–Trinajstić information content (AvgIpc) is 2.58. The summed E-state index contributed by atoms with van der Waals surface area (Å²) in [7, 11) is 0. The summed E-state index contributed by atoms with van der Waals surface area (Å²) in [4.78, 5) is 6.96. The lowest BCUT2D eigenvalue weighted by Crippen LogP contribution is -2.23. The number of aryl methyl sites for hydroxylation is 1. The number of anilines is 1. The molecule has 1 aliphatic heterocycles. The maximum Gasteiger partial charge on any atom is 0.129 e. The van der Waals surface area contributed by atoms with Crippen molar-refractivity contribution in [2.75, 3.05) is 18.0 Å². The highest BCUT2D eigenvalue weighted by molar-refractivity contribution is 6.17. The van der Waals surface area contributed by atoms with Crippen LogP contribution in [0.4, 0.5) is 5.82 Å². The topological polar surface area (TPSA) is 16.1 Å². The van der Waals surface area contributed by atoms with Crippen LogP contribution in [-0.2, 0) is 5.88 Å². The molecule has 2 rings (SSSR count). The molecular weight excluding hydrogens is 220 g/mol. The first kappa shape index (κ1) is 11.7. The van der Waals surface area contributed by atoms with E-state index in [0.717, 1.165) is 30.2 Å². The number of halogens is 1. The van der Waals surface area contributed by atoms with E-state index in [1.54, 1.807) is 0 Å². The van der Waals surface area contributed by atoms with Crippen LogP contribution in [0.25, 0.3) is 0 Å². The van der Waals surface area contributed by atoms with E-state index >= 15 is 0 Å². The van der Waals surface area contributed by atoms with Crippen LogP contribution in [0.5, 0.6) is 0 Å². The monoisotopic (exact) mass is 238 g/mol. The molecule has 88 valence electrons. The quantitative estimate of drug-likeness (QED) is 0.735. The predicted octanol–water partition coefficient (Wildman–Crippen LogP) is 3.37. The molecule has 1 saturated heterocycles. The Bertz CT molecular complexity index is 388. The van der Waals surface area contributed by atoms with Gasteiger partial charge in [-0.1, -0.05) is 13.8 Å². The Hall–Kier alpha value is -0.760. The lowest BCUT2D eigenvalue weighted by Gasteiger charge is -2.21. The number of rotatable bonds is 2. The van der Waals surface area contributed by atoms with Crippen molar-refractivity contribution >= 4 is 17.4 Å². The molecular formula is C13H19ClN2. The first-order chi connectivity index (χ1) is 7.50. The van der Waals surface area contributed by atoms with Crippen LogP contribution in [0.15, 0.2) is 12.1 Å². The van der Waals surface area contributed by atoms with E-state index in [9.17, 15) is 0 Å². The second-order valence-corrected chi connectivity index (χ2v) is 5.71. The first-order valence-electron chi connectivity index (χ1n) is 5.79. The van der Waals surface area contributed by atoms with Crippen molar-refractivity contribution in [1.82, 2.24) is 4.98 Å². The van der Waals surface area contributed by atoms with Gasteiger partial charge in [-0.05, 0) is 36.5 Å². The van der Waals surface area contributed by atoms with Crippen LogP contribution in [0.1, 0.15) is 31.5 Å². The fourth-order valence-electron chi connectivity index (χ4n) is 2.27. The molecule has 0 N–H and O–H groups in total. The fourth-order valence-corrected chi connectivity index (χ4v) is 2.42. The minimum Gasteiger partial charge on any atom is -0.356 e. The standard InChI is InChI=1S/C13H19ClN2/c1-10-6-11(8-14)7-12(15-10)16-5-4-13(2,3)9-16/h6-7H,4-5,8-9H2,1-3H3. The van der Waals surface area contributed by atoms with Gasteiger partial charge >= 0.3 is 0 Å². The molecule has 2 nitrogen and oxygen atoms in total. The Kier molecular flexibility index (Phi) is 3.11. The Morgan fingerprint density at radius 3 is 2.75 bits per heavy atom. The van der Waals surface area contributed by atoms with Crippen molar-refractivity contribution in [3.63, 3.8) is 0 Å². The van der Waals surface area contributed by atoms with Crippen LogP contribution < -0.4 is 4.90 Å². The summed E-state index contributed by atoms with van der Waals surface area (Å²) in [5, 5.41) is 0. The van der Waals surface area contributed by atoms with Crippen LogP contribution in [0.2, 0.25) is 0 Å². The van der Waals surface area contributed by atoms with E-state index in [4.69, 9.17) is 11.6 Å². The molecule has 3 heteroatoms. The molecule has 1 aliphatic rings. The van der Waals surface area contributed by atoms with Gasteiger partial charge in [-0.15, -0.1) is 11.6 Å². The van der Waals surface area contributed by atoms with E-state index in [-0.39, 0.29) is 0 Å². The van der Waals surface area contributed by atoms with Gasteiger partial charge in [0, 0.05) is 24.7 Å². The third-order valence-electron chi connectivity index (χ3n) is 3.16. The van der Waals surface area contributed by atoms with Crippen molar-refractivity contribution in [3.8, 4) is 0 Å². The van der Waals surface area contributed by atoms with Gasteiger partial charge < -0.3 is 4.90 Å². The molecule has 0 aromatic carbocycles. The van der Waals surface area contributed by atoms with Crippen molar-refractivity contribution in [2.24, 2.45) is 5.41 Å². The van der Waals surface area contributed by atoms with Gasteiger partial charge in [0.05, 0.1) is 0 Å². The smallest absolute Gasteiger partial charge is 0.129 e. The number of hydrogen-bond donors (Lipinski definition) is 0. The van der Waals surface area contributed by atoms with Gasteiger partial charge in [0.25, 0.3) is 0 Å². The number of nitrogens with zero attached hydrogens (tertiary/aromatic N) is 2. The van der Waals surface area contributed by atoms with Gasteiger partial charge in [0.15, 0.2) is 0 Å². The molecule has 0 amide bonds. The second kappa shape index (κ2) is 4.25. The largest absolute Gasteiger partial charge is 0.356 e. The first-order valence-corrected chi connectivity index (χ1v) is 6.32. The van der Waals surface area contributed by atoms with Crippen molar-refractivity contribution in [1.29, 1.82) is 0 Å². The lowest BCUT2D eigenvalue weighted by molar-refractivity contribution is 0.418. The Labute approximate surface area is 103 Å². The Morgan fingerprint density at radius 2 is 2.19 bits per heavy atom. The van der Waals surface area contributed by atoms with Gasteiger partial charge in [-0.25, -0.2) is 4.98 Å². The zero-order valence-electron chi connectivity index (χ0n) is 10.3. The summed E-state index contributed by atoms with van der Waals surface area (Å²) >= 11 is 5.89. The normalized spacial score (nSPS) is 19.1. The van der Waals surface area contributed by atoms with Gasteiger partial charge in [0.1, 0.15) is 5.82 Å². The van der Waals surface area contributed by atoms with Crippen LogP contribution in [0.3, 0.4) is 0 Å². The Morgan fingerprint density at radius 1 is 1.44 bits per heavy atom. The molecule has 1 aromatic heterocycles. The third-order valence-corrected chi connectivity index (χ3v) is 3.46. The second-order valence-electron chi connectivity index (χ2n) is 5.44. The summed E-state index contributed by atoms with van der Waals surface area (Å²) in [6.45, 7) is 8.84. The maximum atomic E-state index is 5.89. The molecule has 0 atom stereocenters. The van der Waals surface area contributed by atoms with Crippen LogP contribution in [0, 0.1) is 12.3 Å². The zero-order valence-corrected chi connectivity index (χ0v) is 11.0. The summed E-state index contributed by atoms with van der Waals surface area (Å²) in [5.74, 6) is 1.65. The highest BCUT2D eigenvalue weighted by atomic mass is 35.5. The van der Waals surface area contributed by atoms with Gasteiger partial charge in [-0.2, -0.15) is 0 Å². The average molecular weight is 239 g/mol. The highest BCUT2D eigenvalue weighted by Crippen LogP contribution is 2.32. The summed E-state index contributed by atoms with van der Waals surface area (Å²) < 4.78 is 0. The van der Waals surface area contributed by atoms with Gasteiger partial charge in [-0.3, -0.25) is 0 Å². The zero-order chi connectivity index (χ0) is 11.8. The van der Waals surface area contributed by atoms with E-state index in [1.165, 1.54) is 6.42 Å². The minimum absolute atomic E-state index is 0.409.